The van der Waals surface area contributed by atoms with E-state index in [1.807, 2.05) is 5.48 Å². The SMILES string of the molecule is Cc1c(N=O)cccc1NO. The van der Waals surface area contributed by atoms with Gasteiger partial charge in [-0.25, -0.2) is 0 Å². The van der Waals surface area contributed by atoms with E-state index in [0.717, 1.165) is 0 Å². The molecule has 0 atom stereocenters. The van der Waals surface area contributed by atoms with Crippen LogP contribution in [0.2, 0.25) is 0 Å². The molecule has 0 heterocycles. The molecule has 4 nitrogen and oxygen atoms in total. The summed E-state index contributed by atoms with van der Waals surface area (Å²) in [5.74, 6) is 0. The van der Waals surface area contributed by atoms with E-state index in [-0.39, 0.29) is 0 Å². The third-order valence-electron chi connectivity index (χ3n) is 1.52. The molecule has 0 aromatic heterocycles. The average Bonchev–Trinajstić information content (AvgIpc) is 2.05. The molecule has 0 aliphatic rings. The molecule has 4 heteroatoms. The molecule has 1 aromatic rings. The number of rotatable bonds is 2. The van der Waals surface area contributed by atoms with Crippen molar-refractivity contribution >= 4 is 11.4 Å². The second-order valence-electron chi connectivity index (χ2n) is 2.15. The van der Waals surface area contributed by atoms with Gasteiger partial charge in [0.2, 0.25) is 0 Å². The molecule has 0 fully saturated rings. The molecule has 2 N–H and O–H groups in total. The van der Waals surface area contributed by atoms with Crippen molar-refractivity contribution < 1.29 is 5.21 Å². The van der Waals surface area contributed by atoms with Gasteiger partial charge in [0.25, 0.3) is 0 Å². The normalized spacial score (nSPS) is 9.27. The van der Waals surface area contributed by atoms with Gasteiger partial charge < -0.3 is 0 Å². The van der Waals surface area contributed by atoms with Crippen LogP contribution in [-0.2, 0) is 0 Å². The van der Waals surface area contributed by atoms with E-state index in [9.17, 15) is 4.91 Å². The molecule has 0 spiro atoms. The minimum Gasteiger partial charge on any atom is -0.291 e. The fourth-order valence-corrected chi connectivity index (χ4v) is 0.843. The van der Waals surface area contributed by atoms with Crippen molar-refractivity contribution in [2.75, 3.05) is 5.48 Å². The Morgan fingerprint density at radius 1 is 1.55 bits per heavy atom. The predicted molar refractivity (Wildman–Crippen MR) is 42.0 cm³/mol. The van der Waals surface area contributed by atoms with Gasteiger partial charge in [-0.2, -0.15) is 0 Å². The Balaban J connectivity index is 3.20. The Bertz CT molecular complexity index is 273. The summed E-state index contributed by atoms with van der Waals surface area (Å²) in [6.45, 7) is 1.70. The number of benzene rings is 1. The minimum atomic E-state index is 0.337. The highest BCUT2D eigenvalue weighted by atomic mass is 16.5. The smallest absolute Gasteiger partial charge is 0.113 e. The lowest BCUT2D eigenvalue weighted by molar-refractivity contribution is 0.388. The lowest BCUT2D eigenvalue weighted by Crippen LogP contribution is -1.91. The monoisotopic (exact) mass is 152 g/mol. The zero-order valence-electron chi connectivity index (χ0n) is 6.03. The van der Waals surface area contributed by atoms with E-state index >= 15 is 0 Å². The predicted octanol–water partition coefficient (Wildman–Crippen LogP) is 2.19. The van der Waals surface area contributed by atoms with E-state index in [1.165, 1.54) is 0 Å². The molecule has 0 bridgehead atoms. The summed E-state index contributed by atoms with van der Waals surface area (Å²) in [7, 11) is 0. The molecule has 58 valence electrons. The van der Waals surface area contributed by atoms with Crippen molar-refractivity contribution in [2.45, 2.75) is 6.92 Å². The van der Waals surface area contributed by atoms with Crippen molar-refractivity contribution in [1.29, 1.82) is 0 Å². The first kappa shape index (κ1) is 7.68. The molecule has 11 heavy (non-hydrogen) atoms. The molecule has 0 saturated carbocycles. The van der Waals surface area contributed by atoms with E-state index in [0.29, 0.717) is 16.9 Å². The van der Waals surface area contributed by atoms with Crippen molar-refractivity contribution in [3.05, 3.63) is 28.7 Å². The van der Waals surface area contributed by atoms with E-state index in [1.54, 1.807) is 25.1 Å². The highest BCUT2D eigenvalue weighted by Crippen LogP contribution is 2.24. The molecule has 0 radical (unpaired) electrons. The topological polar surface area (TPSA) is 61.7 Å². The number of nitroso groups, excluding NO2 is 1. The summed E-state index contributed by atoms with van der Waals surface area (Å²) in [5.41, 5.74) is 3.45. The molecule has 0 aliphatic heterocycles. The Morgan fingerprint density at radius 3 is 2.82 bits per heavy atom. The van der Waals surface area contributed by atoms with Crippen LogP contribution in [0.1, 0.15) is 5.56 Å². The lowest BCUT2D eigenvalue weighted by atomic mass is 10.2. The van der Waals surface area contributed by atoms with Crippen molar-refractivity contribution in [2.24, 2.45) is 5.18 Å². The van der Waals surface area contributed by atoms with Crippen LogP contribution in [0.4, 0.5) is 11.4 Å². The van der Waals surface area contributed by atoms with Crippen LogP contribution in [0.3, 0.4) is 0 Å². The summed E-state index contributed by atoms with van der Waals surface area (Å²) < 4.78 is 0. The van der Waals surface area contributed by atoms with Gasteiger partial charge in [-0.3, -0.25) is 10.7 Å². The van der Waals surface area contributed by atoms with Gasteiger partial charge in [0.15, 0.2) is 0 Å². The highest BCUT2D eigenvalue weighted by molar-refractivity contribution is 5.61. The van der Waals surface area contributed by atoms with E-state index < -0.39 is 0 Å². The quantitative estimate of drug-likeness (QED) is 0.504. The van der Waals surface area contributed by atoms with Crippen LogP contribution in [-0.4, -0.2) is 5.21 Å². The van der Waals surface area contributed by atoms with Gasteiger partial charge >= 0.3 is 0 Å². The summed E-state index contributed by atoms with van der Waals surface area (Å²) in [5, 5.41) is 11.3. The third kappa shape index (κ3) is 1.35. The lowest BCUT2D eigenvalue weighted by Gasteiger charge is -2.03. The first-order valence-electron chi connectivity index (χ1n) is 3.12. The second kappa shape index (κ2) is 3.12. The van der Waals surface area contributed by atoms with Gasteiger partial charge in [0.05, 0.1) is 5.69 Å². The van der Waals surface area contributed by atoms with Gasteiger partial charge in [0.1, 0.15) is 5.69 Å². The molecule has 0 aliphatic carbocycles. The summed E-state index contributed by atoms with van der Waals surface area (Å²) in [6.07, 6.45) is 0. The number of nitrogens with one attached hydrogen (secondary N) is 1. The van der Waals surface area contributed by atoms with Gasteiger partial charge in [-0.05, 0) is 24.2 Å². The Morgan fingerprint density at radius 2 is 2.27 bits per heavy atom. The van der Waals surface area contributed by atoms with Crippen LogP contribution >= 0.6 is 0 Å². The summed E-state index contributed by atoms with van der Waals surface area (Å²) >= 11 is 0. The maximum Gasteiger partial charge on any atom is 0.113 e. The maximum absolute atomic E-state index is 10.1. The second-order valence-corrected chi connectivity index (χ2v) is 2.15. The molecule has 0 amide bonds. The maximum atomic E-state index is 10.1. The van der Waals surface area contributed by atoms with Crippen LogP contribution in [0.15, 0.2) is 23.4 Å². The van der Waals surface area contributed by atoms with Gasteiger partial charge in [0, 0.05) is 5.56 Å². The Kier molecular flexibility index (Phi) is 2.18. The van der Waals surface area contributed by atoms with Crippen LogP contribution in [0.25, 0.3) is 0 Å². The molecule has 1 rings (SSSR count). The Labute approximate surface area is 63.8 Å². The summed E-state index contributed by atoms with van der Waals surface area (Å²) in [6, 6.07) is 4.88. The number of hydrogen-bond acceptors (Lipinski definition) is 4. The number of hydrogen-bond donors (Lipinski definition) is 2. The molecular formula is C7H8N2O2. The zero-order valence-corrected chi connectivity index (χ0v) is 6.03. The minimum absolute atomic E-state index is 0.337. The van der Waals surface area contributed by atoms with Gasteiger partial charge in [-0.15, -0.1) is 4.91 Å². The molecular weight excluding hydrogens is 144 g/mol. The van der Waals surface area contributed by atoms with E-state index in [2.05, 4.69) is 5.18 Å². The van der Waals surface area contributed by atoms with E-state index in [4.69, 9.17) is 5.21 Å². The van der Waals surface area contributed by atoms with Crippen LogP contribution < -0.4 is 5.48 Å². The third-order valence-corrected chi connectivity index (χ3v) is 1.52. The fourth-order valence-electron chi connectivity index (χ4n) is 0.843. The van der Waals surface area contributed by atoms with Gasteiger partial charge in [-0.1, -0.05) is 6.07 Å². The first-order chi connectivity index (χ1) is 5.29. The van der Waals surface area contributed by atoms with Crippen molar-refractivity contribution in [1.82, 2.24) is 0 Å². The zero-order chi connectivity index (χ0) is 8.27. The van der Waals surface area contributed by atoms with Crippen molar-refractivity contribution in [3.8, 4) is 0 Å². The largest absolute Gasteiger partial charge is 0.291 e. The first-order valence-corrected chi connectivity index (χ1v) is 3.12. The standard InChI is InChI=1S/C7H8N2O2/c1-5-6(8-10)3-2-4-7(5)9-11/h2-4,8,10H,1H3. The number of anilines is 1. The summed E-state index contributed by atoms with van der Waals surface area (Å²) in [4.78, 5) is 10.1. The molecule has 1 aromatic carbocycles. The Hall–Kier alpha value is -1.42. The van der Waals surface area contributed by atoms with Crippen molar-refractivity contribution in [3.63, 3.8) is 0 Å². The van der Waals surface area contributed by atoms with Crippen LogP contribution in [0.5, 0.6) is 0 Å². The number of nitrogens with zero attached hydrogens (tertiary/aromatic N) is 1. The van der Waals surface area contributed by atoms with Crippen LogP contribution in [0, 0.1) is 11.8 Å². The highest BCUT2D eigenvalue weighted by Gasteiger charge is 2.01. The average molecular weight is 152 g/mol. The molecule has 0 unspecified atom stereocenters. The molecule has 0 saturated heterocycles. The fraction of sp³-hybridized carbons (Fsp3) is 0.143.